The summed E-state index contributed by atoms with van der Waals surface area (Å²) >= 11 is 0. The summed E-state index contributed by atoms with van der Waals surface area (Å²) < 4.78 is 58.4. The zero-order valence-electron chi connectivity index (χ0n) is 5.98. The highest BCUT2D eigenvalue weighted by molar-refractivity contribution is 5.67. The Kier molecular flexibility index (Phi) is 3.20. The van der Waals surface area contributed by atoms with Gasteiger partial charge in [-0.1, -0.05) is 0 Å². The number of hydrogen-bond donors (Lipinski definition) is 2. The number of hydrogen-bond acceptors (Lipinski definition) is 2. The molecule has 0 amide bonds. The van der Waals surface area contributed by atoms with Crippen LogP contribution >= 0.6 is 0 Å². The first kappa shape index (κ1) is 12.1. The second-order valence-electron chi connectivity index (χ2n) is 2.23. The molecule has 1 atom stereocenters. The van der Waals surface area contributed by atoms with E-state index in [0.29, 0.717) is 0 Å². The van der Waals surface area contributed by atoms with Gasteiger partial charge in [-0.05, 0) is 0 Å². The third-order valence-corrected chi connectivity index (χ3v) is 1.16. The van der Waals surface area contributed by atoms with Crippen LogP contribution in [0.4, 0.5) is 22.0 Å². The molecule has 8 heteroatoms. The maximum absolute atomic E-state index is 12.0. The van der Waals surface area contributed by atoms with E-state index in [2.05, 4.69) is 0 Å². The summed E-state index contributed by atoms with van der Waals surface area (Å²) in [7, 11) is 0. The molecule has 0 aromatic heterocycles. The van der Waals surface area contributed by atoms with Crippen molar-refractivity contribution >= 4 is 5.97 Å². The van der Waals surface area contributed by atoms with Crippen molar-refractivity contribution in [3.8, 4) is 0 Å². The summed E-state index contributed by atoms with van der Waals surface area (Å²) in [6.07, 6.45) is -10.9. The number of halogens is 5. The lowest BCUT2D eigenvalue weighted by molar-refractivity contribution is -0.312. The van der Waals surface area contributed by atoms with Crippen molar-refractivity contribution < 1.29 is 37.0 Å². The molecule has 78 valence electrons. The minimum atomic E-state index is -5.94. The van der Waals surface area contributed by atoms with Gasteiger partial charge in [0.15, 0.2) is 0 Å². The van der Waals surface area contributed by atoms with E-state index in [0.717, 1.165) is 0 Å². The highest BCUT2D eigenvalue weighted by Gasteiger charge is 2.62. The quantitative estimate of drug-likeness (QED) is 0.680. The molecule has 0 saturated heterocycles. The molecule has 3 nitrogen and oxygen atoms in total. The first-order valence-electron chi connectivity index (χ1n) is 2.93. The Balaban J connectivity index is 4.54. The standard InChI is InChI=1S/C5H5F5O3/c6-4(7,5(8,9)10)2(11)1-3(12)13/h2,11H,1H2,(H,12,13). The van der Waals surface area contributed by atoms with Gasteiger partial charge in [0.2, 0.25) is 0 Å². The van der Waals surface area contributed by atoms with Gasteiger partial charge in [0.05, 0.1) is 6.42 Å². The van der Waals surface area contributed by atoms with Crippen molar-refractivity contribution in [3.05, 3.63) is 0 Å². The minimum absolute atomic E-state index is 1.66. The Hall–Kier alpha value is -0.920. The summed E-state index contributed by atoms with van der Waals surface area (Å²) in [4.78, 5) is 9.72. The largest absolute Gasteiger partial charge is 0.481 e. The van der Waals surface area contributed by atoms with Crippen LogP contribution < -0.4 is 0 Å². The van der Waals surface area contributed by atoms with Crippen LogP contribution in [0.2, 0.25) is 0 Å². The van der Waals surface area contributed by atoms with Crippen molar-refractivity contribution in [3.63, 3.8) is 0 Å². The number of carboxylic acids is 1. The molecular weight excluding hydrogens is 203 g/mol. The van der Waals surface area contributed by atoms with E-state index in [1.165, 1.54) is 0 Å². The Morgan fingerprint density at radius 2 is 1.62 bits per heavy atom. The molecule has 13 heavy (non-hydrogen) atoms. The van der Waals surface area contributed by atoms with Crippen LogP contribution in [0.5, 0.6) is 0 Å². The second-order valence-corrected chi connectivity index (χ2v) is 2.23. The molecule has 0 spiro atoms. The van der Waals surface area contributed by atoms with E-state index in [-0.39, 0.29) is 0 Å². The van der Waals surface area contributed by atoms with Crippen LogP contribution in [0, 0.1) is 0 Å². The average molecular weight is 208 g/mol. The van der Waals surface area contributed by atoms with Crippen molar-refractivity contribution in [2.24, 2.45) is 0 Å². The highest BCUT2D eigenvalue weighted by Crippen LogP contribution is 2.38. The normalized spacial score (nSPS) is 15.5. The Labute approximate surface area is 68.8 Å². The van der Waals surface area contributed by atoms with E-state index in [1.54, 1.807) is 0 Å². The van der Waals surface area contributed by atoms with Crippen LogP contribution in [0.1, 0.15) is 6.42 Å². The van der Waals surface area contributed by atoms with Gasteiger partial charge in [-0.25, -0.2) is 0 Å². The Morgan fingerprint density at radius 1 is 1.23 bits per heavy atom. The van der Waals surface area contributed by atoms with Gasteiger partial charge in [-0.3, -0.25) is 4.79 Å². The van der Waals surface area contributed by atoms with E-state index >= 15 is 0 Å². The fourth-order valence-corrected chi connectivity index (χ4v) is 0.483. The van der Waals surface area contributed by atoms with Gasteiger partial charge < -0.3 is 10.2 Å². The summed E-state index contributed by atoms with van der Waals surface area (Å²) in [5.41, 5.74) is 0. The minimum Gasteiger partial charge on any atom is -0.481 e. The average Bonchev–Trinajstić information content (AvgIpc) is 1.82. The van der Waals surface area contributed by atoms with E-state index in [9.17, 15) is 26.7 Å². The zero-order chi connectivity index (χ0) is 10.9. The molecule has 0 rings (SSSR count). The van der Waals surface area contributed by atoms with Crippen LogP contribution in [0.3, 0.4) is 0 Å². The molecule has 0 aromatic rings. The van der Waals surface area contributed by atoms with E-state index in [4.69, 9.17) is 10.2 Å². The van der Waals surface area contributed by atoms with Gasteiger partial charge in [0.1, 0.15) is 6.10 Å². The fourth-order valence-electron chi connectivity index (χ4n) is 0.483. The Morgan fingerprint density at radius 3 is 1.85 bits per heavy atom. The molecule has 0 bridgehead atoms. The molecule has 0 aliphatic carbocycles. The molecule has 0 aromatic carbocycles. The number of aliphatic carboxylic acids is 1. The van der Waals surface area contributed by atoms with E-state index < -0.39 is 30.6 Å². The summed E-state index contributed by atoms with van der Waals surface area (Å²) in [6.45, 7) is 0. The van der Waals surface area contributed by atoms with Crippen LogP contribution in [0.25, 0.3) is 0 Å². The monoisotopic (exact) mass is 208 g/mol. The number of rotatable bonds is 3. The molecule has 0 fully saturated rings. The van der Waals surface area contributed by atoms with E-state index in [1.807, 2.05) is 0 Å². The first-order chi connectivity index (χ1) is 5.59. The maximum atomic E-state index is 12.0. The van der Waals surface area contributed by atoms with Gasteiger partial charge in [-0.2, -0.15) is 22.0 Å². The lowest BCUT2D eigenvalue weighted by atomic mass is 10.1. The van der Waals surface area contributed by atoms with Gasteiger partial charge in [0, 0.05) is 0 Å². The lowest BCUT2D eigenvalue weighted by Crippen LogP contribution is -2.47. The summed E-state index contributed by atoms with van der Waals surface area (Å²) in [5.74, 6) is -7.33. The molecule has 0 radical (unpaired) electrons. The van der Waals surface area contributed by atoms with Gasteiger partial charge in [-0.15, -0.1) is 0 Å². The smallest absolute Gasteiger partial charge is 0.456 e. The predicted octanol–water partition coefficient (Wildman–Crippen LogP) is 1.02. The van der Waals surface area contributed by atoms with Crippen molar-refractivity contribution in [1.82, 2.24) is 0 Å². The molecule has 2 N–H and O–H groups in total. The lowest BCUT2D eigenvalue weighted by Gasteiger charge is -2.23. The topological polar surface area (TPSA) is 57.5 Å². The first-order valence-corrected chi connectivity index (χ1v) is 2.93. The van der Waals surface area contributed by atoms with Crippen molar-refractivity contribution in [1.29, 1.82) is 0 Å². The molecule has 0 saturated carbocycles. The predicted molar refractivity (Wildman–Crippen MR) is 29.3 cm³/mol. The van der Waals surface area contributed by atoms with Crippen LogP contribution in [0.15, 0.2) is 0 Å². The van der Waals surface area contributed by atoms with Crippen LogP contribution in [-0.4, -0.2) is 34.4 Å². The summed E-state index contributed by atoms with van der Waals surface area (Å²) in [6, 6.07) is 0. The number of carbonyl (C=O) groups is 1. The molecule has 0 aliphatic rings. The zero-order valence-corrected chi connectivity index (χ0v) is 5.98. The maximum Gasteiger partial charge on any atom is 0.456 e. The van der Waals surface area contributed by atoms with Crippen molar-refractivity contribution in [2.45, 2.75) is 24.6 Å². The van der Waals surface area contributed by atoms with Gasteiger partial charge >= 0.3 is 18.1 Å². The highest BCUT2D eigenvalue weighted by atomic mass is 19.4. The third kappa shape index (κ3) is 2.79. The van der Waals surface area contributed by atoms with Crippen LogP contribution in [-0.2, 0) is 4.79 Å². The van der Waals surface area contributed by atoms with Gasteiger partial charge in [0.25, 0.3) is 0 Å². The number of aliphatic hydroxyl groups excluding tert-OH is 1. The fraction of sp³-hybridized carbons (Fsp3) is 0.800. The summed E-state index contributed by atoms with van der Waals surface area (Å²) in [5, 5.41) is 16.1. The Bertz CT molecular complexity index is 199. The van der Waals surface area contributed by atoms with Crippen molar-refractivity contribution in [2.75, 3.05) is 0 Å². The SMILES string of the molecule is O=C(O)CC(O)C(F)(F)C(F)(F)F. The molecule has 1 unspecified atom stereocenters. The molecule has 0 heterocycles. The number of carboxylic acid groups (broad SMARTS) is 1. The number of alkyl halides is 5. The second kappa shape index (κ2) is 3.44. The number of aliphatic hydroxyl groups is 1. The molecule has 0 aliphatic heterocycles. The molecular formula is C5H5F5O3. The third-order valence-electron chi connectivity index (χ3n) is 1.16.